The molecule has 0 rings (SSSR count). The number of unbranched alkanes of at least 4 members (excludes halogenated alkanes) is 20. The fourth-order valence-corrected chi connectivity index (χ4v) is 7.30. The van der Waals surface area contributed by atoms with Crippen LogP contribution in [0.2, 0.25) is 0 Å². The Morgan fingerprint density at radius 1 is 0.385 bits per heavy atom. The smallest absolute Gasteiger partial charge is 0.220 e. The van der Waals surface area contributed by atoms with Gasteiger partial charge in [0.15, 0.2) is 0 Å². The molecular weight excluding hydrogens is 795 g/mol. The van der Waals surface area contributed by atoms with Gasteiger partial charge in [0.25, 0.3) is 0 Å². The molecule has 0 aliphatic carbocycles. The van der Waals surface area contributed by atoms with Crippen molar-refractivity contribution in [1.82, 2.24) is 5.32 Å². The first-order chi connectivity index (χ1) is 32.2. The molecule has 0 spiro atoms. The molecule has 0 aromatic rings. The average Bonchev–Trinajstić information content (AvgIpc) is 3.31. The Labute approximate surface area is 402 Å². The lowest BCUT2D eigenvalue weighted by atomic mass is 10.0. The number of aliphatic hydroxyl groups is 2. The number of allylic oxidation sites excluding steroid dienone is 21. The highest BCUT2D eigenvalue weighted by Gasteiger charge is 2.17. The van der Waals surface area contributed by atoms with E-state index in [2.05, 4.69) is 141 Å². The van der Waals surface area contributed by atoms with Crippen LogP contribution in [-0.4, -0.2) is 34.9 Å². The molecule has 2 unspecified atom stereocenters. The van der Waals surface area contributed by atoms with Crippen molar-refractivity contribution >= 4 is 5.91 Å². The minimum Gasteiger partial charge on any atom is -0.394 e. The lowest BCUT2D eigenvalue weighted by Gasteiger charge is -2.19. The third kappa shape index (κ3) is 51.4. The van der Waals surface area contributed by atoms with Gasteiger partial charge in [-0.25, -0.2) is 0 Å². The molecule has 0 radical (unpaired) electrons. The van der Waals surface area contributed by atoms with Gasteiger partial charge in [-0.05, 0) is 103 Å². The van der Waals surface area contributed by atoms with Crippen LogP contribution in [-0.2, 0) is 4.79 Å². The van der Waals surface area contributed by atoms with Crippen LogP contribution < -0.4 is 5.32 Å². The van der Waals surface area contributed by atoms with Crippen LogP contribution in [0.15, 0.2) is 134 Å². The molecule has 3 N–H and O–H groups in total. The van der Waals surface area contributed by atoms with E-state index in [4.69, 9.17) is 0 Å². The van der Waals surface area contributed by atoms with Crippen LogP contribution in [0.4, 0.5) is 0 Å². The zero-order chi connectivity index (χ0) is 47.0. The standard InChI is InChI=1S/C61H101NO3/c1-3-5-7-9-11-13-15-17-19-21-23-25-26-27-28-29-30-31-32-33-34-35-36-37-39-41-43-45-47-49-51-53-55-57-61(65)62-59(58-63)60(64)56-54-52-50-48-46-44-42-40-38-24-22-20-18-16-14-12-10-8-6-4-2/h5,7,11,13,17,19,23,25,27-28,30-31,33-34,36-37,41,43,46,48,54,56,59-60,63-64H,3-4,6,8-10,12,14-16,18,20-22,24,26,29,32,35,38-40,42,44-45,47,49-53,55,57-58H2,1-2H3,(H,62,65)/b7-5-,13-11-,19-17-,25-23-,28-27-,31-30-,34-33-,37-36-,43-41-,48-46+,56-54+. The summed E-state index contributed by atoms with van der Waals surface area (Å²) in [6, 6.07) is -0.660. The third-order valence-corrected chi connectivity index (χ3v) is 11.4. The van der Waals surface area contributed by atoms with Crippen molar-refractivity contribution in [3.8, 4) is 0 Å². The summed E-state index contributed by atoms with van der Waals surface area (Å²) >= 11 is 0. The van der Waals surface area contributed by atoms with Crippen molar-refractivity contribution in [2.45, 2.75) is 238 Å². The molecule has 0 saturated heterocycles. The minimum atomic E-state index is -0.881. The molecule has 0 heterocycles. The summed E-state index contributed by atoms with van der Waals surface area (Å²) in [4.78, 5) is 12.5. The van der Waals surface area contributed by atoms with Crippen LogP contribution in [0.3, 0.4) is 0 Å². The van der Waals surface area contributed by atoms with Gasteiger partial charge < -0.3 is 15.5 Å². The van der Waals surface area contributed by atoms with Crippen molar-refractivity contribution in [3.05, 3.63) is 134 Å². The quantitative estimate of drug-likeness (QED) is 0.0421. The lowest BCUT2D eigenvalue weighted by molar-refractivity contribution is -0.123. The van der Waals surface area contributed by atoms with Gasteiger partial charge >= 0.3 is 0 Å². The molecule has 0 bridgehead atoms. The molecule has 0 fully saturated rings. The molecule has 4 nitrogen and oxygen atoms in total. The van der Waals surface area contributed by atoms with Crippen molar-refractivity contribution in [2.24, 2.45) is 0 Å². The van der Waals surface area contributed by atoms with Crippen molar-refractivity contribution in [1.29, 1.82) is 0 Å². The highest BCUT2D eigenvalue weighted by atomic mass is 16.3. The van der Waals surface area contributed by atoms with Crippen molar-refractivity contribution < 1.29 is 15.0 Å². The highest BCUT2D eigenvalue weighted by molar-refractivity contribution is 5.76. The SMILES string of the molecule is CC/C=C\C/C=C\C/C=C\C/C=C\C/C=C\C/C=C\C/C=C\C/C=C\C/C=C\CCCCCCCC(=O)NC(CO)C(O)/C=C/CC/C=C/CCCCCCCCCCCCCCCC. The minimum absolute atomic E-state index is 0.0979. The van der Waals surface area contributed by atoms with E-state index in [1.54, 1.807) is 6.08 Å². The van der Waals surface area contributed by atoms with Crippen LogP contribution in [0.1, 0.15) is 226 Å². The largest absolute Gasteiger partial charge is 0.394 e. The summed E-state index contributed by atoms with van der Waals surface area (Å²) < 4.78 is 0. The van der Waals surface area contributed by atoms with Gasteiger partial charge in [0.1, 0.15) is 0 Å². The van der Waals surface area contributed by atoms with Crippen molar-refractivity contribution in [3.63, 3.8) is 0 Å². The zero-order valence-corrected chi connectivity index (χ0v) is 42.2. The topological polar surface area (TPSA) is 69.6 Å². The van der Waals surface area contributed by atoms with Crippen LogP contribution in [0.5, 0.6) is 0 Å². The number of amides is 1. The maximum atomic E-state index is 12.5. The lowest BCUT2D eigenvalue weighted by Crippen LogP contribution is -2.45. The molecule has 65 heavy (non-hydrogen) atoms. The molecule has 368 valence electrons. The number of hydrogen-bond acceptors (Lipinski definition) is 3. The van der Waals surface area contributed by atoms with E-state index < -0.39 is 12.1 Å². The summed E-state index contributed by atoms with van der Waals surface area (Å²) in [7, 11) is 0. The molecule has 4 heteroatoms. The summed E-state index contributed by atoms with van der Waals surface area (Å²) in [6.45, 7) is 4.17. The first-order valence-electron chi connectivity index (χ1n) is 26.9. The molecule has 2 atom stereocenters. The van der Waals surface area contributed by atoms with Gasteiger partial charge in [-0.3, -0.25) is 4.79 Å². The number of carbonyl (C=O) groups excluding carboxylic acids is 1. The Hall–Kier alpha value is -3.47. The van der Waals surface area contributed by atoms with Gasteiger partial charge in [-0.1, -0.05) is 250 Å². The zero-order valence-electron chi connectivity index (χ0n) is 42.2. The maximum Gasteiger partial charge on any atom is 0.220 e. The summed E-state index contributed by atoms with van der Waals surface area (Å²) in [5, 5.41) is 23.1. The Kier molecular flexibility index (Phi) is 51.9. The van der Waals surface area contributed by atoms with Gasteiger partial charge in [0, 0.05) is 6.42 Å². The van der Waals surface area contributed by atoms with Gasteiger partial charge in [-0.2, -0.15) is 0 Å². The molecule has 0 aliphatic rings. The average molecular weight is 896 g/mol. The predicted molar refractivity (Wildman–Crippen MR) is 289 cm³/mol. The van der Waals surface area contributed by atoms with Gasteiger partial charge in [-0.15, -0.1) is 0 Å². The molecular formula is C61H101NO3. The van der Waals surface area contributed by atoms with E-state index in [0.717, 1.165) is 103 Å². The van der Waals surface area contributed by atoms with Gasteiger partial charge in [0.05, 0.1) is 18.8 Å². The fraction of sp³-hybridized carbons (Fsp3) is 0.623. The molecule has 0 saturated carbocycles. The number of nitrogens with one attached hydrogen (secondary N) is 1. The second kappa shape index (κ2) is 54.9. The highest BCUT2D eigenvalue weighted by Crippen LogP contribution is 2.14. The molecule has 0 aromatic carbocycles. The van der Waals surface area contributed by atoms with Crippen LogP contribution in [0, 0.1) is 0 Å². The molecule has 0 aliphatic heterocycles. The number of aliphatic hydroxyl groups excluding tert-OH is 2. The third-order valence-electron chi connectivity index (χ3n) is 11.4. The predicted octanol–water partition coefficient (Wildman–Crippen LogP) is 17.9. The second-order valence-corrected chi connectivity index (χ2v) is 17.6. The van der Waals surface area contributed by atoms with E-state index >= 15 is 0 Å². The van der Waals surface area contributed by atoms with E-state index in [0.29, 0.717) is 6.42 Å². The normalized spacial score (nSPS) is 14.0. The van der Waals surface area contributed by atoms with Crippen LogP contribution >= 0.6 is 0 Å². The number of rotatable bonds is 47. The Morgan fingerprint density at radius 2 is 0.692 bits per heavy atom. The monoisotopic (exact) mass is 896 g/mol. The van der Waals surface area contributed by atoms with Crippen LogP contribution in [0.25, 0.3) is 0 Å². The summed E-state index contributed by atoms with van der Waals surface area (Å²) in [5.41, 5.74) is 0. The maximum absolute atomic E-state index is 12.5. The first-order valence-corrected chi connectivity index (χ1v) is 26.9. The number of carbonyl (C=O) groups is 1. The molecule has 0 aromatic heterocycles. The van der Waals surface area contributed by atoms with E-state index in [-0.39, 0.29) is 12.5 Å². The fourth-order valence-electron chi connectivity index (χ4n) is 7.30. The Morgan fingerprint density at radius 3 is 1.08 bits per heavy atom. The van der Waals surface area contributed by atoms with Crippen molar-refractivity contribution in [2.75, 3.05) is 6.61 Å². The second-order valence-electron chi connectivity index (χ2n) is 17.6. The van der Waals surface area contributed by atoms with E-state index in [9.17, 15) is 15.0 Å². The summed E-state index contributed by atoms with van der Waals surface area (Å²) in [6.07, 6.45) is 85.9. The van der Waals surface area contributed by atoms with Gasteiger partial charge in [0.2, 0.25) is 5.91 Å². The first kappa shape index (κ1) is 61.5. The van der Waals surface area contributed by atoms with E-state index in [1.165, 1.54) is 103 Å². The Bertz CT molecular complexity index is 1340. The Balaban J connectivity index is 3.71. The molecule has 1 amide bonds. The summed E-state index contributed by atoms with van der Waals surface area (Å²) in [5.74, 6) is -0.0979. The van der Waals surface area contributed by atoms with E-state index in [1.807, 2.05) is 6.08 Å². The number of hydrogen-bond donors (Lipinski definition) is 3.